The summed E-state index contributed by atoms with van der Waals surface area (Å²) >= 11 is 0. The van der Waals surface area contributed by atoms with Crippen LogP contribution in [0, 0.1) is 0 Å². The molecule has 1 aliphatic heterocycles. The fraction of sp³-hybridized carbons (Fsp3) is 0.500. The molecule has 0 aliphatic carbocycles. The van der Waals surface area contributed by atoms with E-state index in [0.29, 0.717) is 19.4 Å². The number of carbonyl (C=O) groups is 2. The van der Waals surface area contributed by atoms with Crippen LogP contribution in [0.25, 0.3) is 0 Å². The molecule has 2 rings (SSSR count). The normalized spacial score (nSPS) is 18.4. The van der Waals surface area contributed by atoms with Gasteiger partial charge >= 0.3 is 0 Å². The molecule has 0 aromatic heterocycles. The number of amides is 2. The number of hydrogen-bond donors (Lipinski definition) is 2. The standard InChI is InChI=1S/C16H21NO4/c18-10-2-1-3-11-21-13-6-4-12(5-7-13)14-8-9-15(19)17-16(14)20/h4-7,14,18H,1-3,8-11H2,(H,17,19,20). The molecule has 0 bridgehead atoms. The van der Waals surface area contributed by atoms with Gasteiger partial charge in [-0.2, -0.15) is 0 Å². The van der Waals surface area contributed by atoms with Gasteiger partial charge in [0.2, 0.25) is 11.8 Å². The fourth-order valence-corrected chi connectivity index (χ4v) is 2.39. The van der Waals surface area contributed by atoms with Crippen molar-refractivity contribution in [2.75, 3.05) is 13.2 Å². The first-order valence-corrected chi connectivity index (χ1v) is 7.38. The van der Waals surface area contributed by atoms with E-state index in [1.807, 2.05) is 24.3 Å². The van der Waals surface area contributed by atoms with E-state index in [1.165, 1.54) is 0 Å². The van der Waals surface area contributed by atoms with Crippen molar-refractivity contribution in [3.63, 3.8) is 0 Å². The highest BCUT2D eigenvalue weighted by molar-refractivity contribution is 6.00. The third-order valence-electron chi connectivity index (χ3n) is 3.59. The van der Waals surface area contributed by atoms with Crippen molar-refractivity contribution >= 4 is 11.8 Å². The highest BCUT2D eigenvalue weighted by atomic mass is 16.5. The first kappa shape index (κ1) is 15.5. The predicted octanol–water partition coefficient (Wildman–Crippen LogP) is 1.75. The number of hydrogen-bond acceptors (Lipinski definition) is 4. The van der Waals surface area contributed by atoms with E-state index >= 15 is 0 Å². The molecular formula is C16H21NO4. The lowest BCUT2D eigenvalue weighted by molar-refractivity contribution is -0.134. The summed E-state index contributed by atoms with van der Waals surface area (Å²) < 4.78 is 5.60. The third kappa shape index (κ3) is 4.56. The maximum Gasteiger partial charge on any atom is 0.234 e. The van der Waals surface area contributed by atoms with E-state index in [-0.39, 0.29) is 24.3 Å². The summed E-state index contributed by atoms with van der Waals surface area (Å²) in [6.45, 7) is 0.846. The van der Waals surface area contributed by atoms with E-state index in [0.717, 1.165) is 30.6 Å². The number of aliphatic hydroxyl groups is 1. The molecule has 2 amide bonds. The van der Waals surface area contributed by atoms with E-state index in [1.54, 1.807) is 0 Å². The van der Waals surface area contributed by atoms with E-state index in [4.69, 9.17) is 9.84 Å². The smallest absolute Gasteiger partial charge is 0.234 e. The van der Waals surface area contributed by atoms with Crippen LogP contribution in [0.15, 0.2) is 24.3 Å². The number of carbonyl (C=O) groups excluding carboxylic acids is 2. The van der Waals surface area contributed by atoms with Gasteiger partial charge in [0, 0.05) is 13.0 Å². The number of rotatable bonds is 7. The number of benzene rings is 1. The molecule has 1 aromatic rings. The minimum atomic E-state index is -0.249. The highest BCUT2D eigenvalue weighted by Gasteiger charge is 2.27. The Hall–Kier alpha value is -1.88. The fourth-order valence-electron chi connectivity index (χ4n) is 2.39. The van der Waals surface area contributed by atoms with Gasteiger partial charge in [-0.15, -0.1) is 0 Å². The highest BCUT2D eigenvalue weighted by Crippen LogP contribution is 2.26. The molecule has 114 valence electrons. The molecule has 0 spiro atoms. The van der Waals surface area contributed by atoms with Gasteiger partial charge in [0.25, 0.3) is 0 Å². The van der Waals surface area contributed by atoms with Gasteiger partial charge in [0.15, 0.2) is 0 Å². The minimum Gasteiger partial charge on any atom is -0.494 e. The third-order valence-corrected chi connectivity index (χ3v) is 3.59. The average Bonchev–Trinajstić information content (AvgIpc) is 2.48. The van der Waals surface area contributed by atoms with Crippen LogP contribution >= 0.6 is 0 Å². The lowest BCUT2D eigenvalue weighted by atomic mass is 9.90. The van der Waals surface area contributed by atoms with Crippen LogP contribution < -0.4 is 10.1 Å². The second kappa shape index (κ2) is 7.78. The molecule has 1 aliphatic rings. The summed E-state index contributed by atoms with van der Waals surface area (Å²) in [5.74, 6) is 0.111. The van der Waals surface area contributed by atoms with Crippen molar-refractivity contribution in [1.82, 2.24) is 5.32 Å². The second-order valence-electron chi connectivity index (χ2n) is 5.21. The van der Waals surface area contributed by atoms with Crippen molar-refractivity contribution in [3.05, 3.63) is 29.8 Å². The number of imide groups is 1. The summed E-state index contributed by atoms with van der Waals surface area (Å²) in [5, 5.41) is 11.0. The van der Waals surface area contributed by atoms with Crippen LogP contribution in [0.4, 0.5) is 0 Å². The molecule has 1 aromatic carbocycles. The number of ether oxygens (including phenoxy) is 1. The van der Waals surface area contributed by atoms with Crippen molar-refractivity contribution in [2.45, 2.75) is 38.0 Å². The summed E-state index contributed by atoms with van der Waals surface area (Å²) in [6.07, 6.45) is 3.61. The first-order valence-electron chi connectivity index (χ1n) is 7.38. The molecule has 1 saturated heterocycles. The van der Waals surface area contributed by atoms with Gasteiger partial charge in [-0.3, -0.25) is 14.9 Å². The molecule has 1 fully saturated rings. The van der Waals surface area contributed by atoms with Gasteiger partial charge in [-0.1, -0.05) is 12.1 Å². The quantitative estimate of drug-likeness (QED) is 0.593. The van der Waals surface area contributed by atoms with Crippen LogP contribution in [-0.4, -0.2) is 30.1 Å². The zero-order valence-corrected chi connectivity index (χ0v) is 12.0. The summed E-state index contributed by atoms with van der Waals surface area (Å²) in [5.41, 5.74) is 0.910. The van der Waals surface area contributed by atoms with Crippen molar-refractivity contribution in [2.24, 2.45) is 0 Å². The average molecular weight is 291 g/mol. The molecule has 1 unspecified atom stereocenters. The Morgan fingerprint density at radius 2 is 1.90 bits per heavy atom. The van der Waals surface area contributed by atoms with Gasteiger partial charge in [-0.25, -0.2) is 0 Å². The molecule has 0 saturated carbocycles. The first-order chi connectivity index (χ1) is 10.2. The maximum absolute atomic E-state index is 11.8. The molecule has 2 N–H and O–H groups in total. The van der Waals surface area contributed by atoms with Crippen LogP contribution in [0.5, 0.6) is 5.75 Å². The molecule has 1 heterocycles. The number of aliphatic hydroxyl groups excluding tert-OH is 1. The van der Waals surface area contributed by atoms with Crippen LogP contribution in [0.3, 0.4) is 0 Å². The summed E-state index contributed by atoms with van der Waals surface area (Å²) in [4.78, 5) is 22.9. The van der Waals surface area contributed by atoms with Crippen molar-refractivity contribution in [1.29, 1.82) is 0 Å². The molecule has 0 radical (unpaired) electrons. The van der Waals surface area contributed by atoms with Crippen LogP contribution in [0.1, 0.15) is 43.6 Å². The number of nitrogens with one attached hydrogen (secondary N) is 1. The second-order valence-corrected chi connectivity index (χ2v) is 5.21. The Bertz CT molecular complexity index is 484. The predicted molar refractivity (Wildman–Crippen MR) is 78.0 cm³/mol. The topological polar surface area (TPSA) is 75.6 Å². The Morgan fingerprint density at radius 3 is 2.57 bits per heavy atom. The largest absolute Gasteiger partial charge is 0.494 e. The van der Waals surface area contributed by atoms with E-state index in [2.05, 4.69) is 5.32 Å². The zero-order chi connectivity index (χ0) is 15.1. The Labute approximate surface area is 124 Å². The molecule has 21 heavy (non-hydrogen) atoms. The van der Waals surface area contributed by atoms with Gasteiger partial charge in [-0.05, 0) is 43.4 Å². The van der Waals surface area contributed by atoms with Gasteiger partial charge in [0.05, 0.1) is 12.5 Å². The summed E-state index contributed by atoms with van der Waals surface area (Å²) in [6, 6.07) is 7.46. The van der Waals surface area contributed by atoms with Crippen molar-refractivity contribution < 1.29 is 19.4 Å². The van der Waals surface area contributed by atoms with Crippen molar-refractivity contribution in [3.8, 4) is 5.75 Å². The number of piperidine rings is 1. The molecular weight excluding hydrogens is 270 g/mol. The lowest BCUT2D eigenvalue weighted by Crippen LogP contribution is -2.39. The number of unbranched alkanes of at least 4 members (excludes halogenated alkanes) is 2. The summed E-state index contributed by atoms with van der Waals surface area (Å²) in [7, 11) is 0. The SMILES string of the molecule is O=C1CCC(c2ccc(OCCCCCO)cc2)C(=O)N1. The van der Waals surface area contributed by atoms with Crippen LogP contribution in [0.2, 0.25) is 0 Å². The van der Waals surface area contributed by atoms with Gasteiger partial charge < -0.3 is 9.84 Å². The monoisotopic (exact) mass is 291 g/mol. The molecule has 5 heteroatoms. The lowest BCUT2D eigenvalue weighted by Gasteiger charge is -2.21. The van der Waals surface area contributed by atoms with E-state index < -0.39 is 0 Å². The Balaban J connectivity index is 1.84. The van der Waals surface area contributed by atoms with Gasteiger partial charge in [0.1, 0.15) is 5.75 Å². The molecule has 5 nitrogen and oxygen atoms in total. The maximum atomic E-state index is 11.8. The zero-order valence-electron chi connectivity index (χ0n) is 12.0. The Morgan fingerprint density at radius 1 is 1.14 bits per heavy atom. The Kier molecular flexibility index (Phi) is 5.75. The van der Waals surface area contributed by atoms with E-state index in [9.17, 15) is 9.59 Å². The minimum absolute atomic E-state index is 0.195. The molecule has 1 atom stereocenters. The van der Waals surface area contributed by atoms with Crippen LogP contribution in [-0.2, 0) is 9.59 Å².